The van der Waals surface area contributed by atoms with Crippen LogP contribution in [0, 0.1) is 5.92 Å². The smallest absolute Gasteiger partial charge is 0.144 e. The van der Waals surface area contributed by atoms with Crippen LogP contribution in [0.4, 0.5) is 11.4 Å². The van der Waals surface area contributed by atoms with E-state index in [1.54, 1.807) is 7.11 Å². The van der Waals surface area contributed by atoms with E-state index in [9.17, 15) is 0 Å². The first kappa shape index (κ1) is 17.4. The normalized spacial score (nSPS) is 25.5. The Hall–Kier alpha value is -1.42. The number of anilines is 2. The van der Waals surface area contributed by atoms with Gasteiger partial charge in [-0.2, -0.15) is 0 Å². The van der Waals surface area contributed by atoms with Crippen molar-refractivity contribution in [2.24, 2.45) is 5.92 Å². The summed E-state index contributed by atoms with van der Waals surface area (Å²) in [6, 6.07) is 6.53. The lowest BCUT2D eigenvalue weighted by molar-refractivity contribution is -0.00522. The molecule has 1 heterocycles. The van der Waals surface area contributed by atoms with Gasteiger partial charge in [0.05, 0.1) is 25.0 Å². The fourth-order valence-corrected chi connectivity index (χ4v) is 4.06. The second-order valence-corrected chi connectivity index (χ2v) is 7.43. The zero-order chi connectivity index (χ0) is 16.9. The fraction of sp³-hybridized carbons (Fsp3) is 0.700. The third kappa shape index (κ3) is 4.35. The lowest BCUT2D eigenvalue weighted by atomic mass is 9.89. The minimum Gasteiger partial charge on any atom is -0.495 e. The first-order chi connectivity index (χ1) is 11.7. The average Bonchev–Trinajstić information content (AvgIpc) is 2.60. The van der Waals surface area contributed by atoms with Crippen molar-refractivity contribution in [1.82, 2.24) is 0 Å². The Bertz CT molecular complexity index is 518. The highest BCUT2D eigenvalue weighted by Gasteiger charge is 2.23. The predicted octanol–water partition coefficient (Wildman–Crippen LogP) is 4.30. The van der Waals surface area contributed by atoms with Gasteiger partial charge >= 0.3 is 0 Å². The summed E-state index contributed by atoms with van der Waals surface area (Å²) in [7, 11) is 1.76. The van der Waals surface area contributed by atoms with E-state index in [1.165, 1.54) is 37.8 Å². The van der Waals surface area contributed by atoms with Gasteiger partial charge in [-0.15, -0.1) is 0 Å². The van der Waals surface area contributed by atoms with Crippen LogP contribution in [0.5, 0.6) is 5.75 Å². The van der Waals surface area contributed by atoms with E-state index < -0.39 is 0 Å². The first-order valence-electron chi connectivity index (χ1n) is 9.48. The molecule has 1 saturated heterocycles. The van der Waals surface area contributed by atoms with E-state index >= 15 is 0 Å². The molecule has 0 amide bonds. The van der Waals surface area contributed by atoms with Crippen molar-refractivity contribution in [2.45, 2.75) is 58.2 Å². The highest BCUT2D eigenvalue weighted by atomic mass is 16.5. The number of morpholine rings is 1. The van der Waals surface area contributed by atoms with Gasteiger partial charge in [-0.1, -0.05) is 19.3 Å². The maximum atomic E-state index is 5.84. The molecule has 134 valence electrons. The van der Waals surface area contributed by atoms with Crippen LogP contribution < -0.4 is 15.0 Å². The van der Waals surface area contributed by atoms with Gasteiger partial charge in [0.25, 0.3) is 0 Å². The number of rotatable bonds is 5. The van der Waals surface area contributed by atoms with E-state index in [1.807, 2.05) is 0 Å². The van der Waals surface area contributed by atoms with Crippen LogP contribution >= 0.6 is 0 Å². The second kappa shape index (κ2) is 8.11. The van der Waals surface area contributed by atoms with Crippen molar-refractivity contribution >= 4 is 11.4 Å². The van der Waals surface area contributed by atoms with Gasteiger partial charge in [0.1, 0.15) is 5.75 Å². The van der Waals surface area contributed by atoms with Crippen LogP contribution in [0.25, 0.3) is 0 Å². The van der Waals surface area contributed by atoms with Gasteiger partial charge in [0.15, 0.2) is 0 Å². The average molecular weight is 332 g/mol. The minimum absolute atomic E-state index is 0.267. The molecule has 2 fully saturated rings. The highest BCUT2D eigenvalue weighted by Crippen LogP contribution is 2.32. The van der Waals surface area contributed by atoms with Crippen LogP contribution in [-0.4, -0.2) is 39.0 Å². The molecular weight excluding hydrogens is 300 g/mol. The summed E-state index contributed by atoms with van der Waals surface area (Å²) in [4.78, 5) is 2.40. The topological polar surface area (TPSA) is 33.7 Å². The number of ether oxygens (including phenoxy) is 2. The Labute approximate surface area is 146 Å². The third-order valence-corrected chi connectivity index (χ3v) is 5.28. The maximum Gasteiger partial charge on any atom is 0.144 e. The van der Waals surface area contributed by atoms with Crippen molar-refractivity contribution in [1.29, 1.82) is 0 Å². The van der Waals surface area contributed by atoms with Crippen molar-refractivity contribution in [2.75, 3.05) is 37.0 Å². The van der Waals surface area contributed by atoms with Crippen LogP contribution in [-0.2, 0) is 4.74 Å². The highest BCUT2D eigenvalue weighted by molar-refractivity contribution is 5.65. The summed E-state index contributed by atoms with van der Waals surface area (Å²) < 4.78 is 11.5. The zero-order valence-electron chi connectivity index (χ0n) is 15.4. The van der Waals surface area contributed by atoms with Crippen LogP contribution in [0.3, 0.4) is 0 Å². The number of methoxy groups -OCH3 is 1. The monoisotopic (exact) mass is 332 g/mol. The number of hydrogen-bond acceptors (Lipinski definition) is 4. The molecule has 0 spiro atoms. The molecule has 4 nitrogen and oxygen atoms in total. The first-order valence-corrected chi connectivity index (χ1v) is 9.48. The zero-order valence-corrected chi connectivity index (χ0v) is 15.4. The molecule has 4 heteroatoms. The Morgan fingerprint density at radius 2 is 1.83 bits per heavy atom. The molecule has 1 aromatic carbocycles. The molecule has 0 bridgehead atoms. The number of nitrogens with zero attached hydrogens (tertiary/aromatic N) is 1. The summed E-state index contributed by atoms with van der Waals surface area (Å²) >= 11 is 0. The van der Waals surface area contributed by atoms with Gasteiger partial charge in [-0.3, -0.25) is 0 Å². The molecule has 1 saturated carbocycles. The quantitative estimate of drug-likeness (QED) is 0.871. The number of nitrogens with one attached hydrogen (secondary N) is 1. The molecule has 1 aromatic rings. The van der Waals surface area contributed by atoms with Crippen molar-refractivity contribution < 1.29 is 9.47 Å². The third-order valence-electron chi connectivity index (χ3n) is 5.28. The molecule has 0 radical (unpaired) electrons. The van der Waals surface area contributed by atoms with E-state index in [-0.39, 0.29) is 12.2 Å². The molecular formula is C20H32N2O2. The lowest BCUT2D eigenvalue weighted by Crippen LogP contribution is -2.45. The standard InChI is InChI=1S/C20H32N2O2/c1-15-13-22(14-16(2)24-15)18-9-10-19(20(11-18)23-3)21-12-17-7-5-4-6-8-17/h9-11,15-17,21H,4-8,12-14H2,1-3H3. The van der Waals surface area contributed by atoms with Crippen molar-refractivity contribution in [3.8, 4) is 5.75 Å². The number of benzene rings is 1. The molecule has 0 aromatic heterocycles. The van der Waals surface area contributed by atoms with Crippen molar-refractivity contribution in [3.05, 3.63) is 18.2 Å². The molecule has 1 aliphatic heterocycles. The molecule has 3 rings (SSSR count). The minimum atomic E-state index is 0.267. The summed E-state index contributed by atoms with van der Waals surface area (Å²) in [6.45, 7) is 7.20. The van der Waals surface area contributed by atoms with Crippen LogP contribution in [0.2, 0.25) is 0 Å². The SMILES string of the molecule is COc1cc(N2CC(C)OC(C)C2)ccc1NCC1CCCCC1. The largest absolute Gasteiger partial charge is 0.495 e. The lowest BCUT2D eigenvalue weighted by Gasteiger charge is -2.37. The van der Waals surface area contributed by atoms with Crippen molar-refractivity contribution in [3.63, 3.8) is 0 Å². The summed E-state index contributed by atoms with van der Waals surface area (Å²) in [5.74, 6) is 1.75. The summed E-state index contributed by atoms with van der Waals surface area (Å²) in [6.07, 6.45) is 7.43. The molecule has 1 aliphatic carbocycles. The van der Waals surface area contributed by atoms with Crippen LogP contribution in [0.1, 0.15) is 46.0 Å². The molecule has 2 atom stereocenters. The van der Waals surface area contributed by atoms with Gasteiger partial charge < -0.3 is 19.7 Å². The summed E-state index contributed by atoms with van der Waals surface area (Å²) in [5.41, 5.74) is 2.33. The Kier molecular flexibility index (Phi) is 5.88. The van der Waals surface area contributed by atoms with Gasteiger partial charge in [-0.05, 0) is 44.7 Å². The van der Waals surface area contributed by atoms with Gasteiger partial charge in [-0.25, -0.2) is 0 Å². The van der Waals surface area contributed by atoms with Gasteiger partial charge in [0.2, 0.25) is 0 Å². The van der Waals surface area contributed by atoms with E-state index in [4.69, 9.17) is 9.47 Å². The summed E-state index contributed by atoms with van der Waals surface area (Å²) in [5, 5.41) is 3.61. The molecule has 2 unspecified atom stereocenters. The maximum absolute atomic E-state index is 5.84. The van der Waals surface area contributed by atoms with Crippen LogP contribution in [0.15, 0.2) is 18.2 Å². The van der Waals surface area contributed by atoms with E-state index in [0.29, 0.717) is 0 Å². The Morgan fingerprint density at radius 1 is 1.12 bits per heavy atom. The Balaban J connectivity index is 1.66. The second-order valence-electron chi connectivity index (χ2n) is 7.43. The predicted molar refractivity (Wildman–Crippen MR) is 100 cm³/mol. The fourth-order valence-electron chi connectivity index (χ4n) is 4.06. The van der Waals surface area contributed by atoms with E-state index in [0.717, 1.165) is 37.0 Å². The Morgan fingerprint density at radius 3 is 2.50 bits per heavy atom. The molecule has 2 aliphatic rings. The molecule has 1 N–H and O–H groups in total. The number of hydrogen-bond donors (Lipinski definition) is 1. The van der Waals surface area contributed by atoms with E-state index in [2.05, 4.69) is 42.3 Å². The molecule has 24 heavy (non-hydrogen) atoms. The van der Waals surface area contributed by atoms with Gasteiger partial charge in [0, 0.05) is 31.4 Å².